The van der Waals surface area contributed by atoms with Crippen LogP contribution in [0.25, 0.3) is 0 Å². The van der Waals surface area contributed by atoms with Gasteiger partial charge in [0.25, 0.3) is 0 Å². The van der Waals surface area contributed by atoms with Gasteiger partial charge in [0, 0.05) is 140 Å². The minimum Gasteiger partial charge on any atom is -0.481 e. The van der Waals surface area contributed by atoms with Gasteiger partial charge in [-0.25, -0.2) is 4.79 Å². The number of hydrogen-bond donors (Lipinski definition) is 6. The van der Waals surface area contributed by atoms with E-state index in [-0.39, 0.29) is 141 Å². The molecule has 29 nitrogen and oxygen atoms in total. The molecular weight excluding hydrogens is 1470 g/mol. The van der Waals surface area contributed by atoms with Gasteiger partial charge in [-0.3, -0.25) is 52.7 Å². The Morgan fingerprint density at radius 2 is 1.11 bits per heavy atom. The molecule has 8 N–H and O–H groups in total. The Kier molecular flexibility index (Phi) is 43.2. The van der Waals surface area contributed by atoms with Crippen molar-refractivity contribution in [3.05, 3.63) is 80.9 Å². The number of hydrogen-bond acceptors (Lipinski definition) is 18. The summed E-state index contributed by atoms with van der Waals surface area (Å²) >= 11 is 3.46. The van der Waals surface area contributed by atoms with Crippen LogP contribution in [0, 0.1) is 23.7 Å². The number of carbonyl (C=O) groups excluding carboxylic acids is 11. The Morgan fingerprint density at radius 3 is 1.63 bits per heavy atom. The molecule has 0 radical (unpaired) electrons. The molecule has 5 atom stereocenters. The first kappa shape index (κ1) is 90.0. The molecule has 612 valence electrons. The zero-order valence-electron chi connectivity index (χ0n) is 69.5. The van der Waals surface area contributed by atoms with Crippen molar-refractivity contribution in [3.63, 3.8) is 0 Å². The minimum absolute atomic E-state index is 0.0102. The average Bonchev–Trinajstić information content (AvgIpc) is 1.13. The van der Waals surface area contributed by atoms with Gasteiger partial charge in [-0.15, -0.1) is 0 Å². The van der Waals surface area contributed by atoms with Crippen LogP contribution >= 0.6 is 15.9 Å². The van der Waals surface area contributed by atoms with E-state index < -0.39 is 122 Å². The minimum atomic E-state index is -2.93. The highest BCUT2D eigenvalue weighted by Gasteiger charge is 2.33. The zero-order valence-corrected chi connectivity index (χ0v) is 68.1. The predicted molar refractivity (Wildman–Crippen MR) is 421 cm³/mol. The fourth-order valence-electron chi connectivity index (χ4n) is 12.6. The van der Waals surface area contributed by atoms with E-state index in [1.807, 2.05) is 56.0 Å². The number of ether oxygens (including phenoxy) is 3. The maximum absolute atomic E-state index is 14.9. The highest BCUT2D eigenvalue weighted by Crippen LogP contribution is 2.20. The number of cyclic esters (lactones) is 1. The number of halogens is 1. The van der Waals surface area contributed by atoms with Gasteiger partial charge in [-0.1, -0.05) is 102 Å². The number of nitrogens with zero attached hydrogens (tertiary/aromatic N) is 8. The van der Waals surface area contributed by atoms with Gasteiger partial charge in [0.15, 0.2) is 0 Å². The summed E-state index contributed by atoms with van der Waals surface area (Å²) in [6.45, 7) is 15.9. The lowest BCUT2D eigenvalue weighted by Gasteiger charge is -2.32. The molecule has 1 aromatic carbocycles. The van der Waals surface area contributed by atoms with Crippen LogP contribution in [0.2, 0.25) is 0 Å². The highest BCUT2D eigenvalue weighted by atomic mass is 79.9. The fraction of sp³-hybridized carbons (Fsp3) is 0.671. The number of carbonyl (C=O) groups is 12. The van der Waals surface area contributed by atoms with Crippen LogP contribution in [-0.2, 0) is 78.2 Å². The summed E-state index contributed by atoms with van der Waals surface area (Å²) in [7, 11) is 1.49. The summed E-state index contributed by atoms with van der Waals surface area (Å²) in [5.74, 6) is -10.3. The number of aliphatic carboxylic acids is 1. The number of methoxy groups -OCH3 is 1. The summed E-state index contributed by atoms with van der Waals surface area (Å²) in [5, 5.41) is 18.6. The van der Waals surface area contributed by atoms with Gasteiger partial charge in [-0.05, 0) is 130 Å². The Hall–Kier alpha value is -7.90. The quantitative estimate of drug-likeness (QED) is 0.0292. The average molecular weight is 1600 g/mol. The maximum Gasteiger partial charge on any atom is 0.328 e. The van der Waals surface area contributed by atoms with Crippen molar-refractivity contribution in [2.24, 2.45) is 35.1 Å². The van der Waals surface area contributed by atoms with Crippen molar-refractivity contribution in [1.29, 1.82) is 0 Å². The van der Waals surface area contributed by atoms with Crippen molar-refractivity contribution in [2.75, 3.05) is 164 Å². The smallest absolute Gasteiger partial charge is 0.328 e. The van der Waals surface area contributed by atoms with Gasteiger partial charge in [0.1, 0.15) is 6.04 Å². The topological polar surface area (TPSA) is 367 Å². The summed E-state index contributed by atoms with van der Waals surface area (Å²) in [6.07, 6.45) is 10.5. The lowest BCUT2D eigenvalue weighted by molar-refractivity contribution is -0.147. The van der Waals surface area contributed by atoms with E-state index >= 15 is 0 Å². The summed E-state index contributed by atoms with van der Waals surface area (Å²) in [5.41, 5.74) is 15.0. The lowest BCUT2D eigenvalue weighted by atomic mass is 10.0. The van der Waals surface area contributed by atoms with E-state index in [1.54, 1.807) is 58.6 Å². The third-order valence-electron chi connectivity index (χ3n) is 18.3. The first-order chi connectivity index (χ1) is 53.0. The Bertz CT molecular complexity index is 3360. The molecule has 2 saturated heterocycles. The summed E-state index contributed by atoms with van der Waals surface area (Å²) < 4.78 is 43.1. The van der Waals surface area contributed by atoms with E-state index in [2.05, 4.69) is 31.9 Å². The molecule has 30 heteroatoms. The number of rotatable bonds is 54. The molecule has 3 rings (SSSR count). The molecule has 0 aliphatic carbocycles. The van der Waals surface area contributed by atoms with Crippen LogP contribution in [0.4, 0.5) is 0 Å². The third-order valence-corrected chi connectivity index (χ3v) is 18.8. The van der Waals surface area contributed by atoms with Crippen LogP contribution in [-0.4, -0.2) is 292 Å². The predicted octanol–water partition coefficient (Wildman–Crippen LogP) is 4.71. The van der Waals surface area contributed by atoms with Crippen LogP contribution < -0.4 is 27.4 Å². The van der Waals surface area contributed by atoms with Crippen molar-refractivity contribution in [3.8, 4) is 0 Å². The van der Waals surface area contributed by atoms with Crippen molar-refractivity contribution in [2.45, 2.75) is 159 Å². The van der Waals surface area contributed by atoms with E-state index in [4.69, 9.17) is 29.8 Å². The van der Waals surface area contributed by atoms with E-state index in [0.29, 0.717) is 75.9 Å². The third kappa shape index (κ3) is 38.1. The normalized spacial score (nSPS) is 15.8. The van der Waals surface area contributed by atoms with Gasteiger partial charge >= 0.3 is 11.9 Å². The SMILES string of the molecule is [2H]C([2H])([2H])[C@@H](/C=C(\C)CN(CCC(=O)O)C(=O)[C@H](C)/C=C(\C)CN(CCNC(C)=O)C(=O)[C@H](C)/C=C(\C)CNCCCN1CCCC1=O)C(=O)N(CCCN)C/C(C)=C/[C@@H](C)C(=O)N(CCCOC(C)C)CC(=O)N(CCCOC)CC(=O)N(CCc1ccc(Br)cc1)CC(=O)N(CCCCN)CC(=O)NC1CCOC1=O. The molecular formula is C79H128BrN13O16. The van der Waals surface area contributed by atoms with Crippen LogP contribution in [0.15, 0.2) is 75.3 Å². The second-order valence-electron chi connectivity index (χ2n) is 28.7. The largest absolute Gasteiger partial charge is 0.481 e. The molecule has 2 heterocycles. The molecule has 0 spiro atoms. The van der Waals surface area contributed by atoms with E-state index in [1.165, 1.54) is 49.5 Å². The van der Waals surface area contributed by atoms with Crippen molar-refractivity contribution < 1.29 is 81.0 Å². The fourth-order valence-corrected chi connectivity index (χ4v) is 12.9. The first-order valence-corrected chi connectivity index (χ1v) is 39.1. The van der Waals surface area contributed by atoms with Crippen molar-refractivity contribution >= 4 is 86.9 Å². The van der Waals surface area contributed by atoms with Gasteiger partial charge in [-0.2, -0.15) is 0 Å². The number of esters is 1. The maximum atomic E-state index is 14.9. The molecule has 0 bridgehead atoms. The lowest BCUT2D eigenvalue weighted by Crippen LogP contribution is -2.52. The zero-order chi connectivity index (χ0) is 83.6. The molecule has 0 aromatic heterocycles. The van der Waals surface area contributed by atoms with Gasteiger partial charge < -0.3 is 85.9 Å². The molecule has 1 aromatic rings. The molecule has 0 saturated carbocycles. The number of benzene rings is 1. The number of carboxylic acids is 1. The second kappa shape index (κ2) is 52.3. The molecule has 109 heavy (non-hydrogen) atoms. The van der Waals surface area contributed by atoms with Crippen molar-refractivity contribution in [1.82, 2.24) is 55.1 Å². The number of amides is 10. The number of unbranched alkanes of at least 4 members (excludes halogenated alkanes) is 1. The molecule has 10 amide bonds. The Morgan fingerprint density at radius 1 is 0.615 bits per heavy atom. The molecule has 1 unspecified atom stereocenters. The molecule has 2 aliphatic rings. The standard InChI is InChI=1S/C79H128BrN13O16/c1-56(2)108-42-19-37-91(55-73(99)88(36-18-41-107-12)53-72(98)89(38-25-66-21-23-67(80)24-22-66)54-71(97)87(32-14-13-28-81)52-69(95)85-68-27-43-109-79(68)106)76(103)63(9)45-58(4)49-90(34-16-29-82)75(102)62(8)46-59(5)50-92(39-26-74(100)101)77(104)64(10)47-60(6)51-93(40-31-84-65(11)94)78(105)61(7)44-57(3)48-83-30-17-35-86-33-15-20-70(86)96/h21-24,44-47,56,61-64,68,83H,13-20,25-43,48-55,81-82H2,1-12H3,(H,84,94)(H,85,95)(H,100,101)/b57-44+,58-45+,59-46+,60-47+/t61-,62+,63-,64-,68?/m1/s1/i8D3. The number of nitrogens with two attached hydrogens (primary N) is 2. The van der Waals surface area contributed by atoms with Crippen LogP contribution in [0.3, 0.4) is 0 Å². The highest BCUT2D eigenvalue weighted by molar-refractivity contribution is 9.10. The molecule has 2 fully saturated rings. The number of carboxylic acid groups (broad SMARTS) is 1. The summed E-state index contributed by atoms with van der Waals surface area (Å²) in [4.78, 5) is 175. The van der Waals surface area contributed by atoms with Crippen LogP contribution in [0.1, 0.15) is 150 Å². The van der Waals surface area contributed by atoms with Crippen LogP contribution in [0.5, 0.6) is 0 Å². The summed E-state index contributed by atoms with van der Waals surface area (Å²) in [6, 6.07) is 6.56. The first-order valence-electron chi connectivity index (χ1n) is 39.8. The van der Waals surface area contributed by atoms with E-state index in [0.717, 1.165) is 35.0 Å². The second-order valence-corrected chi connectivity index (χ2v) is 29.6. The molecule has 2 aliphatic heterocycles. The number of nitrogens with one attached hydrogen (secondary N) is 3. The number of likely N-dealkylation sites (tertiary alicyclic amines) is 1. The Labute approximate surface area is 659 Å². The van der Waals surface area contributed by atoms with E-state index in [9.17, 15) is 62.6 Å². The monoisotopic (exact) mass is 1600 g/mol. The van der Waals surface area contributed by atoms with Gasteiger partial charge in [0.05, 0.1) is 69.0 Å². The Balaban J connectivity index is 1.93. The van der Waals surface area contributed by atoms with Gasteiger partial charge in [0.2, 0.25) is 59.1 Å².